The van der Waals surface area contributed by atoms with Gasteiger partial charge in [0, 0.05) is 11.5 Å². The standard InChI is InChI=1S/C11H22N2O3/c1-7-11(4,5)9(14)13(8(2)3)12-10(15)16-6/h8H,7H2,1-6H3,(H,12,15). The molecule has 0 aromatic rings. The Hall–Kier alpha value is -1.26. The largest absolute Gasteiger partial charge is 0.452 e. The number of nitrogens with zero attached hydrogens (tertiary/aromatic N) is 1. The zero-order valence-electron chi connectivity index (χ0n) is 11.0. The molecule has 16 heavy (non-hydrogen) atoms. The minimum atomic E-state index is -0.631. The Balaban J connectivity index is 4.80. The second kappa shape index (κ2) is 5.72. The number of carbonyl (C=O) groups is 2. The summed E-state index contributed by atoms with van der Waals surface area (Å²) < 4.78 is 4.48. The summed E-state index contributed by atoms with van der Waals surface area (Å²) in [4.78, 5) is 23.3. The van der Waals surface area contributed by atoms with E-state index in [0.717, 1.165) is 0 Å². The van der Waals surface area contributed by atoms with E-state index >= 15 is 0 Å². The predicted octanol–water partition coefficient (Wildman–Crippen LogP) is 1.93. The topological polar surface area (TPSA) is 58.6 Å². The van der Waals surface area contributed by atoms with Gasteiger partial charge in [0.1, 0.15) is 0 Å². The van der Waals surface area contributed by atoms with E-state index in [1.807, 2.05) is 34.6 Å². The molecule has 0 unspecified atom stereocenters. The molecular formula is C11H22N2O3. The SMILES string of the molecule is CCC(C)(C)C(=O)N(NC(=O)OC)C(C)C. The van der Waals surface area contributed by atoms with Gasteiger partial charge < -0.3 is 4.74 Å². The Labute approximate surface area is 97.1 Å². The highest BCUT2D eigenvalue weighted by Gasteiger charge is 2.32. The van der Waals surface area contributed by atoms with Crippen LogP contribution >= 0.6 is 0 Å². The van der Waals surface area contributed by atoms with Crippen LogP contribution in [0.5, 0.6) is 0 Å². The number of hydrazine groups is 1. The van der Waals surface area contributed by atoms with E-state index in [1.54, 1.807) is 0 Å². The molecule has 0 fully saturated rings. The molecule has 0 saturated carbocycles. The first kappa shape index (κ1) is 14.7. The lowest BCUT2D eigenvalue weighted by molar-refractivity contribution is -0.145. The maximum absolute atomic E-state index is 12.1. The first-order valence-corrected chi connectivity index (χ1v) is 5.44. The molecule has 0 aromatic heterocycles. The second-order valence-electron chi connectivity index (χ2n) is 4.61. The van der Waals surface area contributed by atoms with Crippen molar-refractivity contribution >= 4 is 12.0 Å². The van der Waals surface area contributed by atoms with Gasteiger partial charge in [0.15, 0.2) is 0 Å². The normalized spacial score (nSPS) is 11.2. The Morgan fingerprint density at radius 1 is 1.38 bits per heavy atom. The number of hydrogen-bond donors (Lipinski definition) is 1. The van der Waals surface area contributed by atoms with Crippen molar-refractivity contribution < 1.29 is 14.3 Å². The van der Waals surface area contributed by atoms with Crippen LogP contribution < -0.4 is 5.43 Å². The lowest BCUT2D eigenvalue weighted by Crippen LogP contribution is -2.54. The number of nitrogens with one attached hydrogen (secondary N) is 1. The monoisotopic (exact) mass is 230 g/mol. The highest BCUT2D eigenvalue weighted by molar-refractivity contribution is 5.84. The average molecular weight is 230 g/mol. The van der Waals surface area contributed by atoms with Gasteiger partial charge in [-0.05, 0) is 20.3 Å². The van der Waals surface area contributed by atoms with E-state index in [9.17, 15) is 9.59 Å². The van der Waals surface area contributed by atoms with Gasteiger partial charge in [0.05, 0.1) is 7.11 Å². The van der Waals surface area contributed by atoms with Gasteiger partial charge in [0.25, 0.3) is 0 Å². The highest BCUT2D eigenvalue weighted by Crippen LogP contribution is 2.23. The molecule has 0 rings (SSSR count). The molecule has 0 heterocycles. The van der Waals surface area contributed by atoms with Gasteiger partial charge in [-0.2, -0.15) is 0 Å². The number of amides is 2. The highest BCUT2D eigenvalue weighted by atomic mass is 16.5. The maximum Gasteiger partial charge on any atom is 0.425 e. The van der Waals surface area contributed by atoms with Crippen LogP contribution in [0.15, 0.2) is 0 Å². The van der Waals surface area contributed by atoms with Crippen LogP contribution in [0.4, 0.5) is 4.79 Å². The van der Waals surface area contributed by atoms with Crippen LogP contribution in [0.25, 0.3) is 0 Å². The molecule has 5 nitrogen and oxygen atoms in total. The van der Waals surface area contributed by atoms with Gasteiger partial charge in [-0.15, -0.1) is 0 Å². The fraction of sp³-hybridized carbons (Fsp3) is 0.818. The Morgan fingerprint density at radius 3 is 2.19 bits per heavy atom. The molecule has 1 N–H and O–H groups in total. The summed E-state index contributed by atoms with van der Waals surface area (Å²) in [6, 6.07) is -0.113. The van der Waals surface area contributed by atoms with Crippen molar-refractivity contribution in [2.75, 3.05) is 7.11 Å². The molecule has 0 bridgehead atoms. The third-order valence-electron chi connectivity index (χ3n) is 2.60. The van der Waals surface area contributed by atoms with Crippen molar-refractivity contribution in [2.24, 2.45) is 5.41 Å². The second-order valence-corrected chi connectivity index (χ2v) is 4.61. The third kappa shape index (κ3) is 3.72. The summed E-state index contributed by atoms with van der Waals surface area (Å²) in [6.07, 6.45) is 0.0757. The molecule has 0 spiro atoms. The molecule has 0 aliphatic carbocycles. The quantitative estimate of drug-likeness (QED) is 0.754. The maximum atomic E-state index is 12.1. The third-order valence-corrected chi connectivity index (χ3v) is 2.60. The summed E-state index contributed by atoms with van der Waals surface area (Å²) in [5.74, 6) is -0.115. The van der Waals surface area contributed by atoms with Crippen LogP contribution in [0.3, 0.4) is 0 Å². The number of carbonyl (C=O) groups excluding carboxylic acids is 2. The first-order chi connectivity index (χ1) is 7.26. The smallest absolute Gasteiger partial charge is 0.425 e. The lowest BCUT2D eigenvalue weighted by atomic mass is 9.88. The fourth-order valence-corrected chi connectivity index (χ4v) is 1.04. The summed E-state index contributed by atoms with van der Waals surface area (Å²) in [5.41, 5.74) is 1.93. The van der Waals surface area contributed by atoms with Gasteiger partial charge in [-0.3, -0.25) is 4.79 Å². The molecule has 0 saturated heterocycles. The summed E-state index contributed by atoms with van der Waals surface area (Å²) in [5, 5.41) is 1.31. The Bertz CT molecular complexity index is 262. The van der Waals surface area contributed by atoms with E-state index < -0.39 is 11.5 Å². The number of ether oxygens (including phenoxy) is 1. The van der Waals surface area contributed by atoms with Crippen LogP contribution in [0.2, 0.25) is 0 Å². The Kier molecular flexibility index (Phi) is 5.27. The zero-order valence-corrected chi connectivity index (χ0v) is 11.0. The van der Waals surface area contributed by atoms with E-state index in [4.69, 9.17) is 0 Å². The van der Waals surface area contributed by atoms with E-state index in [2.05, 4.69) is 10.2 Å². The molecule has 0 radical (unpaired) electrons. The number of hydrogen-bond acceptors (Lipinski definition) is 3. The molecule has 0 aliphatic rings. The molecule has 2 amide bonds. The van der Waals surface area contributed by atoms with E-state index in [-0.39, 0.29) is 11.9 Å². The van der Waals surface area contributed by atoms with Crippen molar-refractivity contribution in [1.82, 2.24) is 10.4 Å². The average Bonchev–Trinajstić information content (AvgIpc) is 2.23. The fourth-order valence-electron chi connectivity index (χ4n) is 1.04. The van der Waals surface area contributed by atoms with E-state index in [0.29, 0.717) is 6.42 Å². The number of methoxy groups -OCH3 is 1. The molecule has 0 aliphatic heterocycles. The first-order valence-electron chi connectivity index (χ1n) is 5.44. The van der Waals surface area contributed by atoms with Crippen molar-refractivity contribution in [1.29, 1.82) is 0 Å². The predicted molar refractivity (Wildman–Crippen MR) is 61.6 cm³/mol. The summed E-state index contributed by atoms with van der Waals surface area (Å²) in [7, 11) is 1.27. The van der Waals surface area contributed by atoms with Crippen molar-refractivity contribution in [3.05, 3.63) is 0 Å². The molecule has 0 atom stereocenters. The summed E-state index contributed by atoms with van der Waals surface area (Å²) >= 11 is 0. The van der Waals surface area contributed by atoms with Gasteiger partial charge in [-0.1, -0.05) is 20.8 Å². The van der Waals surface area contributed by atoms with Crippen molar-refractivity contribution in [3.63, 3.8) is 0 Å². The molecule has 0 aromatic carbocycles. The van der Waals surface area contributed by atoms with Gasteiger partial charge in [0.2, 0.25) is 5.91 Å². The molecular weight excluding hydrogens is 208 g/mol. The van der Waals surface area contributed by atoms with Crippen LogP contribution in [-0.4, -0.2) is 30.2 Å². The van der Waals surface area contributed by atoms with Crippen LogP contribution in [0, 0.1) is 5.41 Å². The van der Waals surface area contributed by atoms with Crippen LogP contribution in [0.1, 0.15) is 41.0 Å². The zero-order chi connectivity index (χ0) is 12.9. The van der Waals surface area contributed by atoms with Crippen molar-refractivity contribution in [3.8, 4) is 0 Å². The van der Waals surface area contributed by atoms with Crippen LogP contribution in [-0.2, 0) is 9.53 Å². The van der Waals surface area contributed by atoms with E-state index in [1.165, 1.54) is 12.1 Å². The lowest BCUT2D eigenvalue weighted by Gasteiger charge is -2.33. The molecule has 94 valence electrons. The van der Waals surface area contributed by atoms with Gasteiger partial charge >= 0.3 is 6.09 Å². The van der Waals surface area contributed by atoms with Gasteiger partial charge in [-0.25, -0.2) is 15.2 Å². The Morgan fingerprint density at radius 2 is 1.88 bits per heavy atom. The minimum Gasteiger partial charge on any atom is -0.452 e. The summed E-state index contributed by atoms with van der Waals surface area (Å²) in [6.45, 7) is 9.31. The molecule has 5 heteroatoms. The van der Waals surface area contributed by atoms with Crippen molar-refractivity contribution in [2.45, 2.75) is 47.1 Å². The minimum absolute atomic E-state index is 0.113. The number of rotatable bonds is 3.